The average molecular weight is 494 g/mol. The molecule has 9 heteroatoms. The summed E-state index contributed by atoms with van der Waals surface area (Å²) >= 11 is 0. The lowest BCUT2D eigenvalue weighted by Gasteiger charge is -2.38. The highest BCUT2D eigenvalue weighted by molar-refractivity contribution is 6.01. The van der Waals surface area contributed by atoms with Crippen molar-refractivity contribution in [3.05, 3.63) is 65.6 Å². The Labute approximate surface area is 207 Å². The summed E-state index contributed by atoms with van der Waals surface area (Å²) in [4.78, 5) is 38.1. The van der Waals surface area contributed by atoms with Gasteiger partial charge in [0.2, 0.25) is 5.91 Å². The van der Waals surface area contributed by atoms with Crippen molar-refractivity contribution in [2.45, 2.75) is 63.8 Å². The van der Waals surface area contributed by atoms with Crippen LogP contribution in [0.3, 0.4) is 0 Å². The fraction of sp³-hybridized carbons (Fsp3) is 0.370. The second-order valence-corrected chi connectivity index (χ2v) is 10.3. The molecule has 0 saturated heterocycles. The van der Waals surface area contributed by atoms with E-state index in [9.17, 15) is 18.8 Å². The van der Waals surface area contributed by atoms with Gasteiger partial charge in [-0.15, -0.1) is 0 Å². The molecular formula is C27H28FN3O5. The largest absolute Gasteiger partial charge is 0.444 e. The van der Waals surface area contributed by atoms with Crippen molar-refractivity contribution in [1.29, 1.82) is 0 Å². The SMILES string of the molecule is CC(C)(C)OC(=O)N[C@@H](Cc1cccc(F)c1)C(=O)Nc1ccc2c(c1)cc1n2C2(CCC2)OC1=O. The molecule has 2 N–H and O–H groups in total. The van der Waals surface area contributed by atoms with Crippen molar-refractivity contribution in [2.75, 3.05) is 5.32 Å². The lowest BCUT2D eigenvalue weighted by Crippen LogP contribution is -2.47. The van der Waals surface area contributed by atoms with Gasteiger partial charge in [-0.05, 0) is 69.2 Å². The molecule has 2 aromatic carbocycles. The highest BCUT2D eigenvalue weighted by atomic mass is 19.1. The summed E-state index contributed by atoms with van der Waals surface area (Å²) in [5.41, 5.74) is 1.08. The number of amides is 2. The number of rotatable bonds is 5. The number of benzene rings is 2. The van der Waals surface area contributed by atoms with Crippen LogP contribution in [-0.4, -0.2) is 34.2 Å². The van der Waals surface area contributed by atoms with Crippen LogP contribution in [0.4, 0.5) is 14.9 Å². The Morgan fingerprint density at radius 2 is 1.94 bits per heavy atom. The van der Waals surface area contributed by atoms with Crippen molar-refractivity contribution in [1.82, 2.24) is 9.88 Å². The number of ether oxygens (including phenoxy) is 2. The zero-order valence-electron chi connectivity index (χ0n) is 20.4. The summed E-state index contributed by atoms with van der Waals surface area (Å²) in [6, 6.07) is 12.0. The van der Waals surface area contributed by atoms with Gasteiger partial charge in [0.25, 0.3) is 0 Å². The van der Waals surface area contributed by atoms with Crippen LogP contribution in [0.15, 0.2) is 48.5 Å². The third-order valence-corrected chi connectivity index (χ3v) is 6.44. The standard InChI is InChI=1S/C27H28FN3O5/c1-26(2,3)36-25(34)30-20(13-16-6-4-7-18(28)12-16)23(32)29-19-8-9-21-17(14-19)15-22-24(33)35-27(31(21)22)10-5-11-27/h4,6-9,12,14-15,20H,5,10-11,13H2,1-3H3,(H,29,32)(H,30,34)/t20-/m0/s1. The van der Waals surface area contributed by atoms with Crippen molar-refractivity contribution >= 4 is 34.6 Å². The molecule has 0 unspecified atom stereocenters. The van der Waals surface area contributed by atoms with Gasteiger partial charge in [0.15, 0.2) is 5.72 Å². The second kappa shape index (κ2) is 8.65. The third kappa shape index (κ3) is 4.53. The van der Waals surface area contributed by atoms with E-state index in [0.29, 0.717) is 16.9 Å². The van der Waals surface area contributed by atoms with Crippen molar-refractivity contribution < 1.29 is 28.2 Å². The Morgan fingerprint density at radius 3 is 2.61 bits per heavy atom. The number of alkyl carbamates (subject to hydrolysis) is 1. The quantitative estimate of drug-likeness (QED) is 0.495. The Morgan fingerprint density at radius 1 is 1.17 bits per heavy atom. The molecule has 2 amide bonds. The van der Waals surface area contributed by atoms with Crippen LogP contribution < -0.4 is 10.6 Å². The number of hydrogen-bond donors (Lipinski definition) is 2. The van der Waals surface area contributed by atoms with Gasteiger partial charge in [-0.1, -0.05) is 12.1 Å². The number of carbonyl (C=O) groups is 3. The van der Waals surface area contributed by atoms with E-state index in [1.165, 1.54) is 12.1 Å². The lowest BCUT2D eigenvalue weighted by molar-refractivity contribution is -0.118. The zero-order chi connectivity index (χ0) is 25.7. The molecule has 1 fully saturated rings. The molecule has 1 aliphatic carbocycles. The fourth-order valence-electron chi connectivity index (χ4n) is 4.75. The Balaban J connectivity index is 1.38. The molecule has 2 heterocycles. The molecule has 3 aromatic rings. The van der Waals surface area contributed by atoms with Crippen LogP contribution in [0, 0.1) is 5.82 Å². The first-order valence-electron chi connectivity index (χ1n) is 12.0. The molecule has 2 aliphatic rings. The fourth-order valence-corrected chi connectivity index (χ4v) is 4.75. The molecule has 0 radical (unpaired) electrons. The second-order valence-electron chi connectivity index (χ2n) is 10.3. The van der Waals surface area contributed by atoms with E-state index in [0.717, 1.165) is 30.2 Å². The number of nitrogens with zero attached hydrogens (tertiary/aromatic N) is 1. The van der Waals surface area contributed by atoms with Crippen molar-refractivity contribution in [3.63, 3.8) is 0 Å². The van der Waals surface area contributed by atoms with Gasteiger partial charge in [-0.25, -0.2) is 14.0 Å². The highest BCUT2D eigenvalue weighted by Crippen LogP contribution is 2.48. The van der Waals surface area contributed by atoms with Crippen molar-refractivity contribution in [2.24, 2.45) is 0 Å². The molecule has 0 bridgehead atoms. The van der Waals surface area contributed by atoms with Crippen LogP contribution >= 0.6 is 0 Å². The number of hydrogen-bond acceptors (Lipinski definition) is 5. The smallest absolute Gasteiger partial charge is 0.408 e. The Bertz CT molecular complexity index is 1370. The minimum Gasteiger partial charge on any atom is -0.444 e. The number of aromatic nitrogens is 1. The van der Waals surface area contributed by atoms with E-state index in [4.69, 9.17) is 9.47 Å². The Kier molecular flexibility index (Phi) is 5.73. The molecule has 1 atom stereocenters. The number of esters is 1. The summed E-state index contributed by atoms with van der Waals surface area (Å²) < 4.78 is 26.6. The number of nitrogens with one attached hydrogen (secondary N) is 2. The molecule has 1 saturated carbocycles. The van der Waals surface area contributed by atoms with Gasteiger partial charge < -0.3 is 20.1 Å². The maximum absolute atomic E-state index is 13.7. The third-order valence-electron chi connectivity index (χ3n) is 6.44. The molecule has 1 aliphatic heterocycles. The molecule has 36 heavy (non-hydrogen) atoms. The maximum atomic E-state index is 13.7. The first-order valence-corrected chi connectivity index (χ1v) is 12.0. The summed E-state index contributed by atoms with van der Waals surface area (Å²) in [5.74, 6) is -1.25. The van der Waals surface area contributed by atoms with E-state index < -0.39 is 35.2 Å². The van der Waals surface area contributed by atoms with Gasteiger partial charge in [0.05, 0.1) is 5.52 Å². The number of carbonyl (C=O) groups excluding carboxylic acids is 3. The topological polar surface area (TPSA) is 98.7 Å². The number of halogens is 1. The Hall–Kier alpha value is -3.88. The van der Waals surface area contributed by atoms with Gasteiger partial charge in [0.1, 0.15) is 23.2 Å². The first-order chi connectivity index (χ1) is 17.0. The molecule has 1 spiro atoms. The monoisotopic (exact) mass is 493 g/mol. The number of anilines is 1. The van der Waals surface area contributed by atoms with Crippen LogP contribution in [0.25, 0.3) is 10.9 Å². The van der Waals surface area contributed by atoms with Crippen molar-refractivity contribution in [3.8, 4) is 0 Å². The predicted octanol–water partition coefficient (Wildman–Crippen LogP) is 4.86. The van der Waals surface area contributed by atoms with E-state index >= 15 is 0 Å². The average Bonchev–Trinajstić information content (AvgIpc) is 3.27. The maximum Gasteiger partial charge on any atom is 0.408 e. The first kappa shape index (κ1) is 23.8. The van der Waals surface area contributed by atoms with E-state index in [-0.39, 0.29) is 12.4 Å². The van der Waals surface area contributed by atoms with Gasteiger partial charge in [0, 0.05) is 30.3 Å². The summed E-state index contributed by atoms with van der Waals surface area (Å²) in [7, 11) is 0. The van der Waals surface area contributed by atoms with Crippen LogP contribution in [0.1, 0.15) is 56.1 Å². The molecule has 188 valence electrons. The van der Waals surface area contributed by atoms with Gasteiger partial charge in [-0.3, -0.25) is 9.36 Å². The molecule has 1 aromatic heterocycles. The van der Waals surface area contributed by atoms with E-state index in [2.05, 4.69) is 10.6 Å². The normalized spacial score (nSPS) is 16.7. The summed E-state index contributed by atoms with van der Waals surface area (Å²) in [6.45, 7) is 5.17. The molecule has 5 rings (SSSR count). The summed E-state index contributed by atoms with van der Waals surface area (Å²) in [6.07, 6.45) is 1.89. The van der Waals surface area contributed by atoms with Crippen LogP contribution in [0.5, 0.6) is 0 Å². The zero-order valence-corrected chi connectivity index (χ0v) is 20.4. The van der Waals surface area contributed by atoms with Gasteiger partial charge in [-0.2, -0.15) is 0 Å². The lowest BCUT2D eigenvalue weighted by atomic mass is 9.88. The van der Waals surface area contributed by atoms with Crippen LogP contribution in [-0.2, 0) is 26.4 Å². The molecule has 8 nitrogen and oxygen atoms in total. The summed E-state index contributed by atoms with van der Waals surface area (Å²) in [5, 5.41) is 6.23. The van der Waals surface area contributed by atoms with E-state index in [1.807, 2.05) is 10.6 Å². The molecular weight excluding hydrogens is 465 g/mol. The predicted molar refractivity (Wildman–Crippen MR) is 131 cm³/mol. The van der Waals surface area contributed by atoms with E-state index in [1.54, 1.807) is 51.1 Å². The van der Waals surface area contributed by atoms with Crippen LogP contribution in [0.2, 0.25) is 0 Å². The van der Waals surface area contributed by atoms with Gasteiger partial charge >= 0.3 is 12.1 Å². The number of fused-ring (bicyclic) bond motifs is 4. The minimum atomic E-state index is -1.01. The highest BCUT2D eigenvalue weighted by Gasteiger charge is 2.50. The minimum absolute atomic E-state index is 0.0694.